The molecule has 5 nitrogen and oxygen atoms in total. The van der Waals surface area contributed by atoms with E-state index >= 15 is 0 Å². The number of fused-ring (bicyclic) bond motifs is 1. The van der Waals surface area contributed by atoms with Crippen molar-refractivity contribution in [2.45, 2.75) is 26.2 Å². The van der Waals surface area contributed by atoms with E-state index in [-0.39, 0.29) is 5.91 Å². The molecule has 0 aliphatic carbocycles. The molecule has 0 unspecified atom stereocenters. The second-order valence-electron chi connectivity index (χ2n) is 6.74. The monoisotopic (exact) mass is 375 g/mol. The summed E-state index contributed by atoms with van der Waals surface area (Å²) in [7, 11) is 1.54. The van der Waals surface area contributed by atoms with Crippen molar-refractivity contribution in [1.82, 2.24) is 0 Å². The summed E-state index contributed by atoms with van der Waals surface area (Å²) < 4.78 is 16.5. The highest BCUT2D eigenvalue weighted by molar-refractivity contribution is 6.31. The zero-order valence-corrected chi connectivity index (χ0v) is 16.1. The molecule has 26 heavy (non-hydrogen) atoms. The van der Waals surface area contributed by atoms with Gasteiger partial charge in [0.15, 0.2) is 11.5 Å². The molecule has 1 heterocycles. The van der Waals surface area contributed by atoms with Crippen molar-refractivity contribution in [3.63, 3.8) is 0 Å². The smallest absolute Gasteiger partial charge is 0.234 e. The van der Waals surface area contributed by atoms with Gasteiger partial charge in [-0.25, -0.2) is 0 Å². The summed E-state index contributed by atoms with van der Waals surface area (Å²) in [5, 5.41) is 3.54. The van der Waals surface area contributed by atoms with Gasteiger partial charge in [0.1, 0.15) is 19.0 Å². The van der Waals surface area contributed by atoms with Crippen LogP contribution in [0.5, 0.6) is 17.2 Å². The molecule has 0 atom stereocenters. The molecule has 0 saturated carbocycles. The molecule has 6 heteroatoms. The van der Waals surface area contributed by atoms with Crippen molar-refractivity contribution in [3.05, 3.63) is 46.5 Å². The van der Waals surface area contributed by atoms with E-state index in [2.05, 4.69) is 5.32 Å². The van der Waals surface area contributed by atoms with E-state index in [1.807, 2.05) is 39.0 Å². The highest BCUT2D eigenvalue weighted by atomic mass is 35.5. The fourth-order valence-corrected chi connectivity index (χ4v) is 2.93. The van der Waals surface area contributed by atoms with Gasteiger partial charge < -0.3 is 19.5 Å². The fourth-order valence-electron chi connectivity index (χ4n) is 2.77. The molecule has 3 rings (SSSR count). The summed E-state index contributed by atoms with van der Waals surface area (Å²) >= 11 is 6.14. The van der Waals surface area contributed by atoms with Crippen LogP contribution >= 0.6 is 11.6 Å². The number of carbonyl (C=O) groups is 1. The zero-order chi connectivity index (χ0) is 18.9. The van der Waals surface area contributed by atoms with Crippen LogP contribution in [0.2, 0.25) is 5.02 Å². The summed E-state index contributed by atoms with van der Waals surface area (Å²) in [6, 6.07) is 9.09. The number of nitrogens with one attached hydrogen (secondary N) is 1. The SMILES string of the molecule is COc1cc(Cl)c(C)cc1NC(=O)C(C)(C)c1ccc2c(c1)OCCO2. The van der Waals surface area contributed by atoms with Crippen molar-refractivity contribution in [2.24, 2.45) is 0 Å². The number of rotatable bonds is 4. The molecule has 2 aromatic carbocycles. The number of carbonyl (C=O) groups excluding carboxylic acids is 1. The molecule has 0 spiro atoms. The maximum Gasteiger partial charge on any atom is 0.234 e. The molecular formula is C20H22ClNO4. The summed E-state index contributed by atoms with van der Waals surface area (Å²) in [5.74, 6) is 1.72. The lowest BCUT2D eigenvalue weighted by molar-refractivity contribution is -0.120. The van der Waals surface area contributed by atoms with E-state index < -0.39 is 5.41 Å². The van der Waals surface area contributed by atoms with Crippen molar-refractivity contribution >= 4 is 23.2 Å². The number of halogens is 1. The minimum Gasteiger partial charge on any atom is -0.495 e. The minimum absolute atomic E-state index is 0.158. The Morgan fingerprint density at radius 2 is 1.85 bits per heavy atom. The van der Waals surface area contributed by atoms with E-state index in [4.69, 9.17) is 25.8 Å². The maximum absolute atomic E-state index is 13.0. The highest BCUT2D eigenvalue weighted by Gasteiger charge is 2.32. The van der Waals surface area contributed by atoms with Crippen LogP contribution < -0.4 is 19.5 Å². The average molecular weight is 376 g/mol. The predicted molar refractivity (Wildman–Crippen MR) is 102 cm³/mol. The third kappa shape index (κ3) is 3.44. The average Bonchev–Trinajstić information content (AvgIpc) is 2.63. The lowest BCUT2D eigenvalue weighted by Gasteiger charge is -2.27. The van der Waals surface area contributed by atoms with Crippen molar-refractivity contribution in [1.29, 1.82) is 0 Å². The van der Waals surface area contributed by atoms with E-state index in [1.165, 1.54) is 0 Å². The summed E-state index contributed by atoms with van der Waals surface area (Å²) in [4.78, 5) is 13.0. The normalized spacial score (nSPS) is 13.3. The Bertz CT molecular complexity index is 848. The van der Waals surface area contributed by atoms with Gasteiger partial charge in [0, 0.05) is 11.1 Å². The number of methoxy groups -OCH3 is 1. The second kappa shape index (κ2) is 7.08. The van der Waals surface area contributed by atoms with Crippen LogP contribution in [0.3, 0.4) is 0 Å². The summed E-state index contributed by atoms with van der Waals surface area (Å²) in [5.41, 5.74) is 1.50. The van der Waals surface area contributed by atoms with Crippen LogP contribution in [0, 0.1) is 6.92 Å². The third-order valence-electron chi connectivity index (χ3n) is 4.56. The number of anilines is 1. The van der Waals surface area contributed by atoms with E-state index in [0.29, 0.717) is 41.2 Å². The Kier molecular flexibility index (Phi) is 5.01. The Balaban J connectivity index is 1.88. The Labute approximate surface area is 158 Å². The Hall–Kier alpha value is -2.40. The number of ether oxygens (including phenoxy) is 3. The van der Waals surface area contributed by atoms with E-state index in [9.17, 15) is 4.79 Å². The first-order chi connectivity index (χ1) is 12.3. The van der Waals surface area contributed by atoms with Crippen LogP contribution in [-0.2, 0) is 10.2 Å². The van der Waals surface area contributed by atoms with Gasteiger partial charge in [0.25, 0.3) is 0 Å². The first-order valence-electron chi connectivity index (χ1n) is 8.38. The van der Waals surface area contributed by atoms with E-state index in [1.54, 1.807) is 19.2 Å². The molecule has 0 radical (unpaired) electrons. The Morgan fingerprint density at radius 1 is 1.15 bits per heavy atom. The number of hydrogen-bond donors (Lipinski definition) is 1. The van der Waals surface area contributed by atoms with Crippen molar-refractivity contribution in [2.75, 3.05) is 25.6 Å². The topological polar surface area (TPSA) is 56.8 Å². The largest absolute Gasteiger partial charge is 0.495 e. The summed E-state index contributed by atoms with van der Waals surface area (Å²) in [6.07, 6.45) is 0. The number of benzene rings is 2. The molecule has 0 bridgehead atoms. The van der Waals surface area contributed by atoms with Crippen LogP contribution in [0.15, 0.2) is 30.3 Å². The standard InChI is InChI=1S/C20H22ClNO4/c1-12-9-15(17(24-4)11-14(12)21)22-19(23)20(2,3)13-5-6-16-18(10-13)26-8-7-25-16/h5-6,9-11H,7-8H2,1-4H3,(H,22,23). The van der Waals surface area contributed by atoms with Gasteiger partial charge in [-0.3, -0.25) is 4.79 Å². The Morgan fingerprint density at radius 3 is 2.54 bits per heavy atom. The molecule has 0 aromatic heterocycles. The molecule has 1 N–H and O–H groups in total. The molecule has 0 saturated heterocycles. The van der Waals surface area contributed by atoms with Crippen LogP contribution in [0.25, 0.3) is 0 Å². The highest BCUT2D eigenvalue weighted by Crippen LogP contribution is 2.37. The lowest BCUT2D eigenvalue weighted by Crippen LogP contribution is -2.35. The van der Waals surface area contributed by atoms with Crippen LogP contribution in [0.1, 0.15) is 25.0 Å². The molecule has 1 amide bonds. The molecule has 2 aromatic rings. The van der Waals surface area contributed by atoms with Gasteiger partial charge in [-0.1, -0.05) is 17.7 Å². The lowest BCUT2D eigenvalue weighted by atomic mass is 9.83. The molecule has 1 aliphatic rings. The van der Waals surface area contributed by atoms with Gasteiger partial charge in [0.2, 0.25) is 5.91 Å². The quantitative estimate of drug-likeness (QED) is 0.863. The second-order valence-corrected chi connectivity index (χ2v) is 7.15. The summed E-state index contributed by atoms with van der Waals surface area (Å²) in [6.45, 7) is 6.64. The van der Waals surface area contributed by atoms with Gasteiger partial charge in [-0.2, -0.15) is 0 Å². The molecule has 0 fully saturated rings. The maximum atomic E-state index is 13.0. The van der Waals surface area contributed by atoms with E-state index in [0.717, 1.165) is 11.1 Å². The number of amides is 1. The first kappa shape index (κ1) is 18.4. The van der Waals surface area contributed by atoms with Gasteiger partial charge in [-0.15, -0.1) is 0 Å². The first-order valence-corrected chi connectivity index (χ1v) is 8.76. The van der Waals surface area contributed by atoms with Gasteiger partial charge >= 0.3 is 0 Å². The molecular weight excluding hydrogens is 354 g/mol. The fraction of sp³-hybridized carbons (Fsp3) is 0.350. The van der Waals surface area contributed by atoms with Crippen molar-refractivity contribution in [3.8, 4) is 17.2 Å². The third-order valence-corrected chi connectivity index (χ3v) is 4.97. The van der Waals surface area contributed by atoms with Crippen LogP contribution in [0.4, 0.5) is 5.69 Å². The molecule has 138 valence electrons. The van der Waals surface area contributed by atoms with Gasteiger partial charge in [-0.05, 0) is 50.1 Å². The number of aryl methyl sites for hydroxylation is 1. The molecule has 1 aliphatic heterocycles. The minimum atomic E-state index is -0.783. The zero-order valence-electron chi connectivity index (χ0n) is 15.3. The predicted octanol–water partition coefficient (Wildman–Crippen LogP) is 4.34. The van der Waals surface area contributed by atoms with Crippen LogP contribution in [-0.4, -0.2) is 26.2 Å². The van der Waals surface area contributed by atoms with Gasteiger partial charge in [0.05, 0.1) is 18.2 Å². The van der Waals surface area contributed by atoms with Crippen molar-refractivity contribution < 1.29 is 19.0 Å². The number of hydrogen-bond acceptors (Lipinski definition) is 4.